The molecule has 1 amide bonds. The lowest BCUT2D eigenvalue weighted by Crippen LogP contribution is -2.25. The number of amides is 1. The summed E-state index contributed by atoms with van der Waals surface area (Å²) in [5.74, 6) is -3.42. The summed E-state index contributed by atoms with van der Waals surface area (Å²) in [6.45, 7) is 0.271. The molecule has 1 saturated carbocycles. The van der Waals surface area contributed by atoms with Crippen LogP contribution in [-0.4, -0.2) is 37.0 Å². The number of hydrogen-bond acceptors (Lipinski definition) is 4. The Balaban J connectivity index is 1.52. The minimum Gasteiger partial charge on any atom is -0.480 e. The average Bonchev–Trinajstić information content (AvgIpc) is 2.75. The molecule has 172 valence electrons. The van der Waals surface area contributed by atoms with E-state index in [2.05, 4.69) is 5.32 Å². The Hall–Kier alpha value is -3.07. The quantitative estimate of drug-likeness (QED) is 0.574. The lowest BCUT2D eigenvalue weighted by atomic mass is 9.83. The van der Waals surface area contributed by atoms with Crippen LogP contribution in [0.3, 0.4) is 0 Å². The Morgan fingerprint density at radius 3 is 2.28 bits per heavy atom. The third kappa shape index (κ3) is 6.46. The Bertz CT molecular complexity index is 961. The first kappa shape index (κ1) is 23.6. The summed E-state index contributed by atoms with van der Waals surface area (Å²) < 4.78 is 51.7. The first-order valence-corrected chi connectivity index (χ1v) is 10.3. The molecule has 32 heavy (non-hydrogen) atoms. The van der Waals surface area contributed by atoms with Crippen LogP contribution in [-0.2, 0) is 14.3 Å². The largest absolute Gasteiger partial charge is 0.480 e. The predicted molar refractivity (Wildman–Crippen MR) is 111 cm³/mol. The molecule has 1 aliphatic rings. The second-order valence-corrected chi connectivity index (χ2v) is 7.81. The molecule has 6 nitrogen and oxygen atoms in total. The van der Waals surface area contributed by atoms with Crippen LogP contribution in [0.2, 0.25) is 0 Å². The van der Waals surface area contributed by atoms with Gasteiger partial charge in [0.2, 0.25) is 0 Å². The molecule has 2 aromatic carbocycles. The highest BCUT2D eigenvalue weighted by atomic mass is 19.2. The van der Waals surface area contributed by atoms with E-state index in [9.17, 15) is 22.8 Å². The van der Waals surface area contributed by atoms with E-state index in [4.69, 9.17) is 14.6 Å². The number of anilines is 1. The van der Waals surface area contributed by atoms with E-state index in [-0.39, 0.29) is 41.9 Å². The SMILES string of the molecule is O=C(O)COCC1CCC(COC(=O)Nc2cccc(F)c2-c2ccc(F)c(F)c2)CC1. The lowest BCUT2D eigenvalue weighted by molar-refractivity contribution is -0.142. The zero-order valence-electron chi connectivity index (χ0n) is 17.3. The van der Waals surface area contributed by atoms with E-state index in [1.165, 1.54) is 18.2 Å². The van der Waals surface area contributed by atoms with Crippen LogP contribution in [0.5, 0.6) is 0 Å². The van der Waals surface area contributed by atoms with Gasteiger partial charge in [0.1, 0.15) is 12.4 Å². The van der Waals surface area contributed by atoms with Crippen molar-refractivity contribution >= 4 is 17.7 Å². The molecule has 0 radical (unpaired) electrons. The predicted octanol–water partition coefficient (Wildman–Crippen LogP) is 5.23. The second-order valence-electron chi connectivity index (χ2n) is 7.81. The van der Waals surface area contributed by atoms with Crippen molar-refractivity contribution in [2.75, 3.05) is 25.1 Å². The summed E-state index contributed by atoms with van der Waals surface area (Å²) in [6.07, 6.45) is 2.55. The van der Waals surface area contributed by atoms with Crippen LogP contribution in [0.1, 0.15) is 25.7 Å². The molecule has 0 bridgehead atoms. The number of ether oxygens (including phenoxy) is 2. The Morgan fingerprint density at radius 1 is 0.938 bits per heavy atom. The number of aliphatic carboxylic acids is 1. The maximum atomic E-state index is 14.4. The highest BCUT2D eigenvalue weighted by Gasteiger charge is 2.23. The summed E-state index contributed by atoms with van der Waals surface area (Å²) in [5.41, 5.74) is 0.103. The van der Waals surface area contributed by atoms with Crippen LogP contribution < -0.4 is 5.32 Å². The first-order chi connectivity index (χ1) is 15.3. The average molecular weight is 451 g/mol. The van der Waals surface area contributed by atoms with Gasteiger partial charge in [-0.2, -0.15) is 0 Å². The fourth-order valence-electron chi connectivity index (χ4n) is 3.79. The van der Waals surface area contributed by atoms with Gasteiger partial charge < -0.3 is 14.6 Å². The molecule has 9 heteroatoms. The normalized spacial score (nSPS) is 18.2. The molecule has 3 rings (SSSR count). The number of carbonyl (C=O) groups is 2. The van der Waals surface area contributed by atoms with Gasteiger partial charge in [-0.15, -0.1) is 0 Å². The molecule has 0 saturated heterocycles. The number of benzene rings is 2. The van der Waals surface area contributed by atoms with Gasteiger partial charge in [-0.25, -0.2) is 22.8 Å². The van der Waals surface area contributed by atoms with Gasteiger partial charge in [0, 0.05) is 5.56 Å². The van der Waals surface area contributed by atoms with Crippen molar-refractivity contribution in [3.8, 4) is 11.1 Å². The Kier molecular flexibility index (Phi) is 8.10. The number of halogens is 3. The highest BCUT2D eigenvalue weighted by molar-refractivity contribution is 5.91. The van der Waals surface area contributed by atoms with Gasteiger partial charge in [0.05, 0.1) is 18.9 Å². The topological polar surface area (TPSA) is 84.9 Å². The Labute approximate surface area is 183 Å². The smallest absolute Gasteiger partial charge is 0.411 e. The van der Waals surface area contributed by atoms with Gasteiger partial charge in [0.25, 0.3) is 0 Å². The van der Waals surface area contributed by atoms with E-state index in [1.807, 2.05) is 0 Å². The van der Waals surface area contributed by atoms with Crippen molar-refractivity contribution in [2.45, 2.75) is 25.7 Å². The Morgan fingerprint density at radius 2 is 1.62 bits per heavy atom. The zero-order chi connectivity index (χ0) is 23.1. The van der Waals surface area contributed by atoms with Gasteiger partial charge in [-0.05, 0) is 67.3 Å². The van der Waals surface area contributed by atoms with Crippen LogP contribution in [0, 0.1) is 29.3 Å². The lowest BCUT2D eigenvalue weighted by Gasteiger charge is -2.27. The fourth-order valence-corrected chi connectivity index (χ4v) is 3.79. The number of carboxylic acids is 1. The van der Waals surface area contributed by atoms with Crippen molar-refractivity contribution in [2.24, 2.45) is 11.8 Å². The number of hydrogen-bond donors (Lipinski definition) is 2. The third-order valence-corrected chi connectivity index (χ3v) is 5.45. The van der Waals surface area contributed by atoms with Crippen molar-refractivity contribution in [3.63, 3.8) is 0 Å². The molecular weight excluding hydrogens is 427 g/mol. The van der Waals surface area contributed by atoms with Crippen LogP contribution in [0.15, 0.2) is 36.4 Å². The van der Waals surface area contributed by atoms with Crippen molar-refractivity contribution in [3.05, 3.63) is 53.8 Å². The van der Waals surface area contributed by atoms with E-state index >= 15 is 0 Å². The molecule has 2 aromatic rings. The van der Waals surface area contributed by atoms with Crippen molar-refractivity contribution in [1.29, 1.82) is 0 Å². The van der Waals surface area contributed by atoms with Gasteiger partial charge in [-0.3, -0.25) is 5.32 Å². The number of rotatable bonds is 8. The molecule has 1 fully saturated rings. The number of carboxylic acid groups (broad SMARTS) is 1. The summed E-state index contributed by atoms with van der Waals surface area (Å²) in [6, 6.07) is 6.98. The third-order valence-electron chi connectivity index (χ3n) is 5.45. The standard InChI is InChI=1S/C23H24F3NO5/c24-17-9-8-16(10-19(17)26)22-18(25)2-1-3-20(22)27-23(30)32-12-15-6-4-14(5-7-15)11-31-13-21(28)29/h1-3,8-10,14-15H,4-7,11-13H2,(H,27,30)(H,28,29). The molecule has 1 aliphatic carbocycles. The first-order valence-electron chi connectivity index (χ1n) is 10.3. The highest BCUT2D eigenvalue weighted by Crippen LogP contribution is 2.32. The molecule has 0 unspecified atom stereocenters. The van der Waals surface area contributed by atoms with Crippen LogP contribution in [0.25, 0.3) is 11.1 Å². The fraction of sp³-hybridized carbons (Fsp3) is 0.391. The molecule has 0 heterocycles. The van der Waals surface area contributed by atoms with E-state index in [0.717, 1.165) is 43.9 Å². The summed E-state index contributed by atoms with van der Waals surface area (Å²) in [4.78, 5) is 22.8. The molecule has 0 atom stereocenters. The molecule has 0 aromatic heterocycles. The molecular formula is C23H24F3NO5. The van der Waals surface area contributed by atoms with Gasteiger partial charge in [0.15, 0.2) is 11.6 Å². The maximum absolute atomic E-state index is 14.4. The van der Waals surface area contributed by atoms with E-state index < -0.39 is 29.5 Å². The molecule has 0 aliphatic heterocycles. The maximum Gasteiger partial charge on any atom is 0.411 e. The second kappa shape index (κ2) is 11.0. The van der Waals surface area contributed by atoms with Gasteiger partial charge in [-0.1, -0.05) is 12.1 Å². The van der Waals surface area contributed by atoms with Crippen molar-refractivity contribution in [1.82, 2.24) is 0 Å². The molecule has 2 N–H and O–H groups in total. The van der Waals surface area contributed by atoms with Crippen LogP contribution in [0.4, 0.5) is 23.7 Å². The molecule has 0 spiro atoms. The minimum absolute atomic E-state index is 0.0646. The monoisotopic (exact) mass is 451 g/mol. The summed E-state index contributed by atoms with van der Waals surface area (Å²) in [7, 11) is 0. The van der Waals surface area contributed by atoms with E-state index in [0.29, 0.717) is 6.61 Å². The van der Waals surface area contributed by atoms with Gasteiger partial charge >= 0.3 is 12.1 Å². The zero-order valence-corrected chi connectivity index (χ0v) is 17.3. The van der Waals surface area contributed by atoms with Crippen molar-refractivity contribution < 1.29 is 37.3 Å². The number of nitrogens with one attached hydrogen (secondary N) is 1. The summed E-state index contributed by atoms with van der Waals surface area (Å²) >= 11 is 0. The summed E-state index contributed by atoms with van der Waals surface area (Å²) in [5, 5.41) is 11.1. The number of carbonyl (C=O) groups excluding carboxylic acids is 1. The van der Waals surface area contributed by atoms with E-state index in [1.54, 1.807) is 0 Å². The van der Waals surface area contributed by atoms with Crippen LogP contribution >= 0.6 is 0 Å². The minimum atomic E-state index is -1.12.